The summed E-state index contributed by atoms with van der Waals surface area (Å²) in [5.74, 6) is -3.81. The van der Waals surface area contributed by atoms with E-state index in [4.69, 9.17) is 14.9 Å². The molecular formula is C8H18N2O5+2. The second-order valence-electron chi connectivity index (χ2n) is 3.52. The Hall–Kier alpha value is -1.18. The summed E-state index contributed by atoms with van der Waals surface area (Å²) in [5, 5.41) is 17.6. The highest BCUT2D eigenvalue weighted by Crippen LogP contribution is 2.43. The molecule has 2 bridgehead atoms. The Balaban J connectivity index is 0.000000980. The molecule has 7 heteroatoms. The first-order valence-electron chi connectivity index (χ1n) is 4.22. The average Bonchev–Trinajstić information content (AvgIpc) is 2.60. The lowest BCUT2D eigenvalue weighted by atomic mass is 9.79. The minimum atomic E-state index is -1.06. The van der Waals surface area contributed by atoms with Crippen LogP contribution >= 0.6 is 0 Å². The number of carboxylic acid groups (broad SMARTS) is 2. The van der Waals surface area contributed by atoms with Crippen LogP contribution in [-0.2, 0) is 14.3 Å². The van der Waals surface area contributed by atoms with Crippen LogP contribution in [0.3, 0.4) is 0 Å². The van der Waals surface area contributed by atoms with Gasteiger partial charge < -0.3 is 27.3 Å². The second kappa shape index (κ2) is 4.56. The number of hydrogen-bond donors (Lipinski definition) is 4. The molecule has 2 saturated heterocycles. The van der Waals surface area contributed by atoms with E-state index in [2.05, 4.69) is 0 Å². The zero-order valence-electron chi connectivity index (χ0n) is 8.84. The quantitative estimate of drug-likeness (QED) is 0.540. The summed E-state index contributed by atoms with van der Waals surface area (Å²) in [5.41, 5.74) is 0. The van der Waals surface area contributed by atoms with Gasteiger partial charge in [-0.05, 0) is 12.8 Å². The average molecular weight is 222 g/mol. The van der Waals surface area contributed by atoms with Crippen LogP contribution in [0.15, 0.2) is 0 Å². The van der Waals surface area contributed by atoms with Gasteiger partial charge in [0.05, 0.1) is 24.0 Å². The van der Waals surface area contributed by atoms with E-state index in [0.717, 1.165) is 0 Å². The van der Waals surface area contributed by atoms with Crippen molar-refractivity contribution in [2.45, 2.75) is 25.0 Å². The Morgan fingerprint density at radius 2 is 1.27 bits per heavy atom. The molecule has 2 aliphatic rings. The second-order valence-corrected chi connectivity index (χ2v) is 3.52. The highest BCUT2D eigenvalue weighted by Gasteiger charge is 2.55. The fourth-order valence-corrected chi connectivity index (χ4v) is 2.31. The summed E-state index contributed by atoms with van der Waals surface area (Å²) in [4.78, 5) is 21.5. The molecular weight excluding hydrogens is 204 g/mol. The monoisotopic (exact) mass is 222 g/mol. The van der Waals surface area contributed by atoms with Gasteiger partial charge in [0.25, 0.3) is 0 Å². The zero-order valence-corrected chi connectivity index (χ0v) is 8.84. The maximum atomic E-state index is 10.8. The molecule has 10 N–H and O–H groups in total. The zero-order chi connectivity index (χ0) is 9.59. The summed E-state index contributed by atoms with van der Waals surface area (Å²) in [6.07, 6.45) is 0.573. The van der Waals surface area contributed by atoms with E-state index in [1.807, 2.05) is 0 Å². The summed E-state index contributed by atoms with van der Waals surface area (Å²) < 4.78 is 5.26. The molecule has 0 radical (unpaired) electrons. The van der Waals surface area contributed by atoms with Crippen LogP contribution < -0.4 is 12.3 Å². The SMILES string of the molecule is O=C(O)C1C2CCC(O2)C1C(=O)O.[NH4+].[NH4+]. The first-order valence-corrected chi connectivity index (χ1v) is 4.22. The number of carbonyl (C=O) groups is 2. The predicted molar refractivity (Wildman–Crippen MR) is 52.1 cm³/mol. The molecule has 2 fully saturated rings. The van der Waals surface area contributed by atoms with Crippen LogP contribution in [0.25, 0.3) is 0 Å². The van der Waals surface area contributed by atoms with E-state index in [-0.39, 0.29) is 24.5 Å². The van der Waals surface area contributed by atoms with Gasteiger partial charge in [0.1, 0.15) is 0 Å². The highest BCUT2D eigenvalue weighted by atomic mass is 16.5. The lowest BCUT2D eigenvalue weighted by Crippen LogP contribution is -2.38. The number of ether oxygens (including phenoxy) is 1. The van der Waals surface area contributed by atoms with Gasteiger partial charge in [-0.3, -0.25) is 9.59 Å². The van der Waals surface area contributed by atoms with Gasteiger partial charge in [-0.1, -0.05) is 0 Å². The Bertz CT molecular complexity index is 244. The summed E-state index contributed by atoms with van der Waals surface area (Å²) >= 11 is 0. The molecule has 0 saturated carbocycles. The Morgan fingerprint density at radius 3 is 1.53 bits per heavy atom. The van der Waals surface area contributed by atoms with Gasteiger partial charge in [0.2, 0.25) is 0 Å². The third-order valence-corrected chi connectivity index (χ3v) is 2.84. The number of carboxylic acids is 2. The third kappa shape index (κ3) is 1.94. The fourth-order valence-electron chi connectivity index (χ4n) is 2.31. The van der Waals surface area contributed by atoms with Crippen LogP contribution in [0.5, 0.6) is 0 Å². The van der Waals surface area contributed by atoms with Gasteiger partial charge in [-0.2, -0.15) is 0 Å². The van der Waals surface area contributed by atoms with Gasteiger partial charge in [-0.25, -0.2) is 0 Å². The standard InChI is InChI=1S/C8H10O5.2H3N/c9-7(10)5-3-1-2-4(13-3)6(5)8(11)12;;/h3-6H,1-2H2,(H,9,10)(H,11,12);2*1H3/p+2. The van der Waals surface area contributed by atoms with Crippen molar-refractivity contribution in [3.63, 3.8) is 0 Å². The van der Waals surface area contributed by atoms with Crippen LogP contribution in [0, 0.1) is 11.8 Å². The van der Waals surface area contributed by atoms with Gasteiger partial charge in [0, 0.05) is 0 Å². The number of rotatable bonds is 2. The molecule has 2 aliphatic heterocycles. The fraction of sp³-hybridized carbons (Fsp3) is 0.750. The topological polar surface area (TPSA) is 157 Å². The largest absolute Gasteiger partial charge is 0.481 e. The lowest BCUT2D eigenvalue weighted by Gasteiger charge is -2.20. The van der Waals surface area contributed by atoms with Gasteiger partial charge in [-0.15, -0.1) is 0 Å². The van der Waals surface area contributed by atoms with E-state index in [9.17, 15) is 9.59 Å². The number of fused-ring (bicyclic) bond motifs is 2. The molecule has 0 aromatic rings. The van der Waals surface area contributed by atoms with Crippen molar-refractivity contribution in [2.24, 2.45) is 11.8 Å². The van der Waals surface area contributed by atoms with Crippen LogP contribution in [-0.4, -0.2) is 34.4 Å². The maximum Gasteiger partial charge on any atom is 0.310 e. The molecule has 4 unspecified atom stereocenters. The summed E-state index contributed by atoms with van der Waals surface area (Å²) in [7, 11) is 0. The normalized spacial score (nSPS) is 36.5. The smallest absolute Gasteiger partial charge is 0.310 e. The minimum absolute atomic E-state index is 0. The molecule has 88 valence electrons. The van der Waals surface area contributed by atoms with Crippen LogP contribution in [0.1, 0.15) is 12.8 Å². The first-order chi connectivity index (χ1) is 6.11. The highest BCUT2D eigenvalue weighted by molar-refractivity contribution is 5.82. The molecule has 0 aromatic heterocycles. The number of hydrogen-bond acceptors (Lipinski definition) is 3. The van der Waals surface area contributed by atoms with Gasteiger partial charge >= 0.3 is 11.9 Å². The predicted octanol–water partition coefficient (Wildman–Crippen LogP) is 0.702. The van der Waals surface area contributed by atoms with Crippen molar-refractivity contribution < 1.29 is 24.5 Å². The van der Waals surface area contributed by atoms with E-state index < -0.39 is 23.8 Å². The summed E-state index contributed by atoms with van der Waals surface area (Å²) in [6.45, 7) is 0. The van der Waals surface area contributed by atoms with Crippen molar-refractivity contribution in [3.05, 3.63) is 0 Å². The Kier molecular flexibility index (Phi) is 4.20. The van der Waals surface area contributed by atoms with E-state index in [1.54, 1.807) is 0 Å². The Labute approximate surface area is 86.6 Å². The van der Waals surface area contributed by atoms with Crippen molar-refractivity contribution in [1.82, 2.24) is 12.3 Å². The number of quaternary nitrogens is 2. The van der Waals surface area contributed by atoms with E-state index in [1.165, 1.54) is 0 Å². The maximum absolute atomic E-state index is 10.8. The molecule has 0 amide bonds. The van der Waals surface area contributed by atoms with Gasteiger partial charge in [0.15, 0.2) is 0 Å². The summed E-state index contributed by atoms with van der Waals surface area (Å²) in [6, 6.07) is 0. The van der Waals surface area contributed by atoms with Crippen molar-refractivity contribution in [1.29, 1.82) is 0 Å². The molecule has 15 heavy (non-hydrogen) atoms. The van der Waals surface area contributed by atoms with Crippen molar-refractivity contribution >= 4 is 11.9 Å². The minimum Gasteiger partial charge on any atom is -0.481 e. The molecule has 0 aliphatic carbocycles. The molecule has 4 atom stereocenters. The molecule has 7 nitrogen and oxygen atoms in total. The molecule has 2 heterocycles. The van der Waals surface area contributed by atoms with E-state index >= 15 is 0 Å². The lowest BCUT2D eigenvalue weighted by molar-refractivity contribution is -0.154. The van der Waals surface area contributed by atoms with Crippen LogP contribution in [0.2, 0.25) is 0 Å². The first kappa shape index (κ1) is 13.8. The molecule has 2 rings (SSSR count). The van der Waals surface area contributed by atoms with Crippen molar-refractivity contribution in [2.75, 3.05) is 0 Å². The molecule has 0 aromatic carbocycles. The Morgan fingerprint density at radius 1 is 0.933 bits per heavy atom. The van der Waals surface area contributed by atoms with E-state index in [0.29, 0.717) is 12.8 Å². The number of aliphatic carboxylic acids is 2. The van der Waals surface area contributed by atoms with Crippen molar-refractivity contribution in [3.8, 4) is 0 Å². The van der Waals surface area contributed by atoms with Crippen LogP contribution in [0.4, 0.5) is 0 Å². The third-order valence-electron chi connectivity index (χ3n) is 2.84. The molecule has 0 spiro atoms.